The highest BCUT2D eigenvalue weighted by Crippen LogP contribution is 2.20. The van der Waals surface area contributed by atoms with E-state index < -0.39 is 17.9 Å². The number of nitrogens with one attached hydrogen (secondary N) is 3. The summed E-state index contributed by atoms with van der Waals surface area (Å²) in [5, 5.41) is 15.9. The maximum Gasteiger partial charge on any atom is 0.272 e. The van der Waals surface area contributed by atoms with Gasteiger partial charge in [0.2, 0.25) is 0 Å². The molecule has 0 radical (unpaired) electrons. The SMILES string of the molecule is O=C(NC(C(=O)NN=Cc1cccs1)c1n[nH]c(=O)c2ccccc12)c1ccccc1. The fraction of sp³-hybridized carbons (Fsp3) is 0.0455. The fourth-order valence-corrected chi connectivity index (χ4v) is 3.59. The number of thiophene rings is 1. The summed E-state index contributed by atoms with van der Waals surface area (Å²) in [6, 6.07) is 17.8. The van der Waals surface area contributed by atoms with Crippen LogP contribution in [0.25, 0.3) is 10.8 Å². The molecule has 1 atom stereocenters. The van der Waals surface area contributed by atoms with Gasteiger partial charge in [-0.2, -0.15) is 10.2 Å². The summed E-state index contributed by atoms with van der Waals surface area (Å²) in [5.41, 5.74) is 2.66. The fourth-order valence-electron chi connectivity index (χ4n) is 3.01. The van der Waals surface area contributed by atoms with Crippen molar-refractivity contribution in [1.82, 2.24) is 20.9 Å². The molecule has 0 aliphatic heterocycles. The summed E-state index contributed by atoms with van der Waals surface area (Å²) in [5.74, 6) is -1.05. The minimum Gasteiger partial charge on any atom is -0.335 e. The van der Waals surface area contributed by atoms with Gasteiger partial charge in [0.1, 0.15) is 5.69 Å². The molecule has 8 nitrogen and oxygen atoms in total. The van der Waals surface area contributed by atoms with E-state index in [9.17, 15) is 14.4 Å². The molecule has 0 fully saturated rings. The first-order valence-corrected chi connectivity index (χ1v) is 10.2. The standard InChI is InChI=1S/C22H17N5O3S/c28-20(14-7-2-1-3-8-14)24-19(22(30)26-23-13-15-9-6-12-31-15)18-16-10-4-5-11-17(16)21(29)27-25-18/h1-13,19H,(H,24,28)(H,26,30)(H,27,29). The molecule has 0 aliphatic rings. The molecule has 4 aromatic rings. The van der Waals surface area contributed by atoms with Gasteiger partial charge in [-0.05, 0) is 29.6 Å². The maximum absolute atomic E-state index is 13.0. The van der Waals surface area contributed by atoms with Crippen LogP contribution in [-0.4, -0.2) is 28.2 Å². The van der Waals surface area contributed by atoms with Gasteiger partial charge in [0.15, 0.2) is 6.04 Å². The second kappa shape index (κ2) is 9.14. The lowest BCUT2D eigenvalue weighted by atomic mass is 10.0. The topological polar surface area (TPSA) is 116 Å². The molecule has 2 amide bonds. The van der Waals surface area contributed by atoms with Crippen LogP contribution in [0.4, 0.5) is 0 Å². The number of nitrogens with zero attached hydrogens (tertiary/aromatic N) is 2. The number of carbonyl (C=O) groups is 2. The average molecular weight is 431 g/mol. The minimum absolute atomic E-state index is 0.211. The van der Waals surface area contributed by atoms with Crippen molar-refractivity contribution < 1.29 is 9.59 Å². The van der Waals surface area contributed by atoms with Crippen LogP contribution in [-0.2, 0) is 4.79 Å². The van der Waals surface area contributed by atoms with Crippen molar-refractivity contribution in [3.63, 3.8) is 0 Å². The summed E-state index contributed by atoms with van der Waals surface area (Å²) in [6.07, 6.45) is 1.51. The summed E-state index contributed by atoms with van der Waals surface area (Å²) >= 11 is 1.47. The number of H-pyrrole nitrogens is 1. The Morgan fingerprint density at radius 2 is 1.74 bits per heavy atom. The van der Waals surface area contributed by atoms with Gasteiger partial charge in [0, 0.05) is 15.8 Å². The predicted molar refractivity (Wildman–Crippen MR) is 119 cm³/mol. The zero-order valence-electron chi connectivity index (χ0n) is 16.1. The number of carbonyl (C=O) groups excluding carboxylic acids is 2. The first-order chi connectivity index (χ1) is 15.1. The normalized spacial score (nSPS) is 12.0. The number of fused-ring (bicyclic) bond motifs is 1. The quantitative estimate of drug-likeness (QED) is 0.321. The van der Waals surface area contributed by atoms with Crippen molar-refractivity contribution in [2.24, 2.45) is 5.10 Å². The van der Waals surface area contributed by atoms with E-state index in [1.165, 1.54) is 17.6 Å². The van der Waals surface area contributed by atoms with Crippen molar-refractivity contribution in [2.45, 2.75) is 6.04 Å². The van der Waals surface area contributed by atoms with E-state index in [-0.39, 0.29) is 11.3 Å². The third-order valence-corrected chi connectivity index (χ3v) is 5.29. The van der Waals surface area contributed by atoms with Gasteiger partial charge >= 0.3 is 0 Å². The van der Waals surface area contributed by atoms with E-state index >= 15 is 0 Å². The van der Waals surface area contributed by atoms with Crippen molar-refractivity contribution >= 4 is 40.1 Å². The average Bonchev–Trinajstić information content (AvgIpc) is 3.32. The lowest BCUT2D eigenvalue weighted by Crippen LogP contribution is -2.40. The molecule has 4 rings (SSSR count). The third kappa shape index (κ3) is 4.57. The Bertz CT molecular complexity index is 1300. The summed E-state index contributed by atoms with van der Waals surface area (Å²) < 4.78 is 0. The number of aromatic nitrogens is 2. The molecule has 0 aliphatic carbocycles. The van der Waals surface area contributed by atoms with Crippen LogP contribution in [0.3, 0.4) is 0 Å². The molecule has 2 heterocycles. The maximum atomic E-state index is 13.0. The predicted octanol–water partition coefficient (Wildman–Crippen LogP) is 2.61. The van der Waals surface area contributed by atoms with Crippen LogP contribution >= 0.6 is 11.3 Å². The molecule has 2 aromatic carbocycles. The van der Waals surface area contributed by atoms with Crippen LogP contribution in [0.1, 0.15) is 27.0 Å². The van der Waals surface area contributed by atoms with Crippen LogP contribution in [0.5, 0.6) is 0 Å². The highest BCUT2D eigenvalue weighted by Gasteiger charge is 2.27. The van der Waals surface area contributed by atoms with Crippen molar-refractivity contribution in [3.05, 3.63) is 98.6 Å². The van der Waals surface area contributed by atoms with Gasteiger partial charge in [-0.3, -0.25) is 14.4 Å². The molecular weight excluding hydrogens is 414 g/mol. The van der Waals surface area contributed by atoms with E-state index in [1.54, 1.807) is 54.6 Å². The Labute approximate surface area is 180 Å². The Hall–Kier alpha value is -4.11. The molecule has 154 valence electrons. The summed E-state index contributed by atoms with van der Waals surface area (Å²) in [7, 11) is 0. The second-order valence-corrected chi connectivity index (χ2v) is 7.48. The number of hydrogen-bond donors (Lipinski definition) is 3. The highest BCUT2D eigenvalue weighted by molar-refractivity contribution is 7.11. The Morgan fingerprint density at radius 1 is 1.00 bits per heavy atom. The minimum atomic E-state index is -1.19. The van der Waals surface area contributed by atoms with Crippen molar-refractivity contribution in [2.75, 3.05) is 0 Å². The first-order valence-electron chi connectivity index (χ1n) is 9.33. The molecule has 31 heavy (non-hydrogen) atoms. The zero-order chi connectivity index (χ0) is 21.6. The van der Waals surface area contributed by atoms with Crippen molar-refractivity contribution in [3.8, 4) is 0 Å². The van der Waals surface area contributed by atoms with Gasteiger partial charge in [-0.25, -0.2) is 10.5 Å². The number of aromatic amines is 1. The van der Waals surface area contributed by atoms with Crippen LogP contribution < -0.4 is 16.3 Å². The first kappa shape index (κ1) is 20.2. The van der Waals surface area contributed by atoms with Crippen LogP contribution in [0.15, 0.2) is 82.0 Å². The van der Waals surface area contributed by atoms with E-state index in [2.05, 4.69) is 26.0 Å². The summed E-state index contributed by atoms with van der Waals surface area (Å²) in [6.45, 7) is 0. The molecular formula is C22H17N5O3S. The van der Waals surface area contributed by atoms with Gasteiger partial charge in [-0.15, -0.1) is 11.3 Å². The van der Waals surface area contributed by atoms with Crippen LogP contribution in [0.2, 0.25) is 0 Å². The smallest absolute Gasteiger partial charge is 0.272 e. The molecule has 0 spiro atoms. The molecule has 2 aromatic heterocycles. The number of rotatable bonds is 6. The molecule has 3 N–H and O–H groups in total. The summed E-state index contributed by atoms with van der Waals surface area (Å²) in [4.78, 5) is 38.8. The van der Waals surface area contributed by atoms with Gasteiger partial charge < -0.3 is 5.32 Å². The largest absolute Gasteiger partial charge is 0.335 e. The molecule has 0 saturated carbocycles. The molecule has 0 bridgehead atoms. The molecule has 0 saturated heterocycles. The lowest BCUT2D eigenvalue weighted by Gasteiger charge is -2.18. The van der Waals surface area contributed by atoms with E-state index in [0.717, 1.165) is 4.88 Å². The third-order valence-electron chi connectivity index (χ3n) is 4.48. The van der Waals surface area contributed by atoms with Gasteiger partial charge in [-0.1, -0.05) is 42.5 Å². The van der Waals surface area contributed by atoms with E-state index in [0.29, 0.717) is 16.3 Å². The Kier molecular flexibility index (Phi) is 5.95. The lowest BCUT2D eigenvalue weighted by molar-refractivity contribution is -0.123. The number of amides is 2. The number of hydrazone groups is 1. The Morgan fingerprint density at radius 3 is 2.48 bits per heavy atom. The van der Waals surface area contributed by atoms with E-state index in [1.807, 2.05) is 17.5 Å². The van der Waals surface area contributed by atoms with Gasteiger partial charge in [0.25, 0.3) is 17.4 Å². The zero-order valence-corrected chi connectivity index (χ0v) is 16.9. The number of benzene rings is 2. The van der Waals surface area contributed by atoms with Gasteiger partial charge in [0.05, 0.1) is 11.6 Å². The van der Waals surface area contributed by atoms with Crippen molar-refractivity contribution in [1.29, 1.82) is 0 Å². The van der Waals surface area contributed by atoms with Crippen LogP contribution in [0, 0.1) is 0 Å². The van der Waals surface area contributed by atoms with E-state index in [4.69, 9.17) is 0 Å². The second-order valence-electron chi connectivity index (χ2n) is 6.51. The number of hydrogen-bond acceptors (Lipinski definition) is 6. The monoisotopic (exact) mass is 431 g/mol. The molecule has 1 unspecified atom stereocenters. The molecule has 9 heteroatoms. The Balaban J connectivity index is 1.69. The highest BCUT2D eigenvalue weighted by atomic mass is 32.1.